The molecular formula is C23H20FNO5. The zero-order chi connectivity index (χ0) is 22.1. The second kappa shape index (κ2) is 10.2. The van der Waals surface area contributed by atoms with Gasteiger partial charge in [-0.1, -0.05) is 36.4 Å². The van der Waals surface area contributed by atoms with Gasteiger partial charge in [0, 0.05) is 5.69 Å². The van der Waals surface area contributed by atoms with E-state index < -0.39 is 5.60 Å². The van der Waals surface area contributed by atoms with E-state index in [2.05, 4.69) is 31.3 Å². The highest BCUT2D eigenvalue weighted by Crippen LogP contribution is 2.50. The molecule has 2 unspecified atom stereocenters. The van der Waals surface area contributed by atoms with Crippen molar-refractivity contribution in [3.63, 3.8) is 0 Å². The Hall–Kier alpha value is -3.63. The van der Waals surface area contributed by atoms with Crippen molar-refractivity contribution in [3.8, 4) is 0 Å². The number of fused-ring (bicyclic) bond motifs is 2. The number of nitrogens with one attached hydrogen (secondary N) is 1. The number of para-hydroxylation sites is 1. The molecular weight excluding hydrogens is 389 g/mol. The van der Waals surface area contributed by atoms with E-state index >= 15 is 0 Å². The number of anilines is 1. The van der Waals surface area contributed by atoms with Crippen molar-refractivity contribution in [2.24, 2.45) is 0 Å². The maximum atomic E-state index is 13.4. The van der Waals surface area contributed by atoms with Crippen molar-refractivity contribution < 1.29 is 28.3 Å². The summed E-state index contributed by atoms with van der Waals surface area (Å²) in [4.78, 5) is 32.5. The molecule has 0 fully saturated rings. The van der Waals surface area contributed by atoms with Crippen LogP contribution in [0.3, 0.4) is 0 Å². The Balaban J connectivity index is 0.000000480. The molecule has 2 aromatic carbocycles. The van der Waals surface area contributed by atoms with Crippen LogP contribution in [0.1, 0.15) is 25.5 Å². The molecule has 0 aromatic heterocycles. The van der Waals surface area contributed by atoms with Gasteiger partial charge in [-0.15, -0.1) is 0 Å². The van der Waals surface area contributed by atoms with Crippen LogP contribution in [0.2, 0.25) is 0 Å². The normalized spacial score (nSPS) is 21.4. The highest BCUT2D eigenvalue weighted by Gasteiger charge is 2.51. The van der Waals surface area contributed by atoms with Crippen LogP contribution in [0.25, 0.3) is 0 Å². The molecule has 0 spiro atoms. The molecule has 2 aromatic rings. The average Bonchev–Trinajstić information content (AvgIpc) is 3.28. The van der Waals surface area contributed by atoms with Crippen molar-refractivity contribution in [1.29, 1.82) is 0 Å². The number of carbonyl (C=O) groups excluding carboxylic acids is 4. The van der Waals surface area contributed by atoms with Crippen molar-refractivity contribution in [2.45, 2.75) is 31.6 Å². The smallest absolute Gasteiger partial charge is 0.373 e. The number of ether oxygens (including phenoxy) is 1. The molecule has 0 amide bonds. The molecule has 2 bridgehead atoms. The van der Waals surface area contributed by atoms with Crippen molar-refractivity contribution in [1.82, 2.24) is 0 Å². The first kappa shape index (κ1) is 22.7. The minimum absolute atomic E-state index is 0.0468. The van der Waals surface area contributed by atoms with Crippen LogP contribution in [0.4, 0.5) is 10.1 Å². The molecule has 7 heteroatoms. The summed E-state index contributed by atoms with van der Waals surface area (Å²) in [5, 5.41) is 3.59. The molecule has 3 atom stereocenters. The van der Waals surface area contributed by atoms with Gasteiger partial charge in [-0.2, -0.15) is 19.2 Å². The molecule has 30 heavy (non-hydrogen) atoms. The summed E-state index contributed by atoms with van der Waals surface area (Å²) in [6.45, 7) is 4.25. The van der Waals surface area contributed by atoms with Gasteiger partial charge < -0.3 is 10.1 Å². The first-order valence-corrected chi connectivity index (χ1v) is 9.04. The number of benzene rings is 2. The van der Waals surface area contributed by atoms with Crippen LogP contribution in [-0.4, -0.2) is 24.0 Å². The standard InChI is InChI=1S/C21H20FNO.2CO2/c1-14-15(2)21(13-12-19(14)24-21)20(16-8-10-17(22)11-9-16)23-18-6-4-3-5-7-18;2*2-1-3/h3-13,19-20,23H,1-2H3;;/t19-,20?,21?;;/m0../s1. The van der Waals surface area contributed by atoms with Crippen molar-refractivity contribution in [3.05, 3.63) is 89.3 Å². The first-order valence-electron chi connectivity index (χ1n) is 9.04. The van der Waals surface area contributed by atoms with Gasteiger partial charge in [-0.3, -0.25) is 0 Å². The van der Waals surface area contributed by atoms with E-state index in [9.17, 15) is 4.39 Å². The highest BCUT2D eigenvalue weighted by atomic mass is 19.1. The summed E-state index contributed by atoms with van der Waals surface area (Å²) in [6.07, 6.45) is 4.81. The van der Waals surface area contributed by atoms with Gasteiger partial charge in [-0.25, -0.2) is 4.39 Å². The summed E-state index contributed by atoms with van der Waals surface area (Å²) in [6, 6.07) is 16.6. The van der Waals surface area contributed by atoms with E-state index in [1.807, 2.05) is 42.5 Å². The zero-order valence-electron chi connectivity index (χ0n) is 16.4. The molecule has 0 saturated carbocycles. The summed E-state index contributed by atoms with van der Waals surface area (Å²) < 4.78 is 19.8. The first-order chi connectivity index (χ1) is 14.4. The van der Waals surface area contributed by atoms with Crippen molar-refractivity contribution in [2.75, 3.05) is 5.32 Å². The molecule has 0 radical (unpaired) electrons. The largest absolute Gasteiger partial charge is 0.375 e. The molecule has 1 N–H and O–H groups in total. The van der Waals surface area contributed by atoms with E-state index in [0.29, 0.717) is 0 Å². The van der Waals surface area contributed by atoms with Gasteiger partial charge in [0.05, 0.1) is 12.1 Å². The van der Waals surface area contributed by atoms with E-state index in [0.717, 1.165) is 11.3 Å². The van der Waals surface area contributed by atoms with Gasteiger partial charge >= 0.3 is 12.3 Å². The average molecular weight is 409 g/mol. The predicted octanol–water partition coefficient (Wildman–Crippen LogP) is 3.86. The SMILES string of the molecule is CC1=C(C)C2(C(Nc3ccccc3)c3ccc(F)cc3)C=C[C@@H]1O2.O=C=O.O=C=O. The Morgan fingerprint density at radius 3 is 2.03 bits per heavy atom. The monoisotopic (exact) mass is 409 g/mol. The number of hydrogen-bond donors (Lipinski definition) is 1. The maximum Gasteiger partial charge on any atom is 0.373 e. The highest BCUT2D eigenvalue weighted by molar-refractivity contribution is 5.53. The summed E-state index contributed by atoms with van der Waals surface area (Å²) in [7, 11) is 0. The third kappa shape index (κ3) is 4.67. The third-order valence-electron chi connectivity index (χ3n) is 5.16. The molecule has 2 aliphatic heterocycles. The third-order valence-corrected chi connectivity index (χ3v) is 5.16. The molecule has 0 aliphatic carbocycles. The fourth-order valence-corrected chi connectivity index (χ4v) is 3.66. The minimum Gasteiger partial charge on any atom is -0.375 e. The van der Waals surface area contributed by atoms with Crippen molar-refractivity contribution >= 4 is 18.0 Å². The molecule has 2 aliphatic rings. The van der Waals surface area contributed by atoms with Crippen LogP contribution < -0.4 is 5.32 Å². The van der Waals surface area contributed by atoms with Gasteiger partial charge in [0.2, 0.25) is 0 Å². The van der Waals surface area contributed by atoms with Gasteiger partial charge in [0.25, 0.3) is 0 Å². The Bertz CT molecular complexity index is 976. The van der Waals surface area contributed by atoms with Crippen LogP contribution in [0.15, 0.2) is 77.9 Å². The Morgan fingerprint density at radius 2 is 1.53 bits per heavy atom. The topological polar surface area (TPSA) is 89.5 Å². The van der Waals surface area contributed by atoms with Crippen LogP contribution in [0.5, 0.6) is 0 Å². The Morgan fingerprint density at radius 1 is 0.967 bits per heavy atom. The van der Waals surface area contributed by atoms with Gasteiger partial charge in [0.15, 0.2) is 0 Å². The summed E-state index contributed by atoms with van der Waals surface area (Å²) >= 11 is 0. The van der Waals surface area contributed by atoms with Gasteiger partial charge in [0.1, 0.15) is 11.4 Å². The molecule has 2 heterocycles. The maximum absolute atomic E-state index is 13.4. The fraction of sp³-hybridized carbons (Fsp3) is 0.217. The van der Waals surface area contributed by atoms with Crippen LogP contribution >= 0.6 is 0 Å². The minimum atomic E-state index is -0.525. The van der Waals surface area contributed by atoms with E-state index in [1.54, 1.807) is 0 Å². The lowest BCUT2D eigenvalue weighted by Crippen LogP contribution is -2.39. The number of halogens is 1. The fourth-order valence-electron chi connectivity index (χ4n) is 3.66. The number of rotatable bonds is 4. The lowest BCUT2D eigenvalue weighted by molar-refractivity contribution is -0.193. The van der Waals surface area contributed by atoms with E-state index in [-0.39, 0.29) is 30.3 Å². The second-order valence-corrected chi connectivity index (χ2v) is 6.66. The van der Waals surface area contributed by atoms with E-state index in [1.165, 1.54) is 23.3 Å². The lowest BCUT2D eigenvalue weighted by Gasteiger charge is -2.36. The lowest BCUT2D eigenvalue weighted by atomic mass is 9.80. The second-order valence-electron chi connectivity index (χ2n) is 6.66. The van der Waals surface area contributed by atoms with Crippen LogP contribution in [0, 0.1) is 5.82 Å². The Kier molecular flexibility index (Phi) is 7.73. The van der Waals surface area contributed by atoms with Crippen LogP contribution in [-0.2, 0) is 23.9 Å². The molecule has 0 saturated heterocycles. The van der Waals surface area contributed by atoms with Gasteiger partial charge in [-0.05, 0) is 60.9 Å². The number of hydrogen-bond acceptors (Lipinski definition) is 6. The van der Waals surface area contributed by atoms with E-state index in [4.69, 9.17) is 23.9 Å². The predicted molar refractivity (Wildman–Crippen MR) is 104 cm³/mol. The summed E-state index contributed by atoms with van der Waals surface area (Å²) in [5.41, 5.74) is 3.98. The molecule has 154 valence electrons. The Labute approximate surface area is 173 Å². The summed E-state index contributed by atoms with van der Waals surface area (Å²) in [5.74, 6) is -0.231. The molecule has 6 nitrogen and oxygen atoms in total. The quantitative estimate of drug-likeness (QED) is 0.772. The zero-order valence-corrected chi connectivity index (χ0v) is 16.4. The molecule has 4 rings (SSSR count).